The first-order valence-electron chi connectivity index (χ1n) is 10.5. The predicted molar refractivity (Wildman–Crippen MR) is 122 cm³/mol. The summed E-state index contributed by atoms with van der Waals surface area (Å²) in [5, 5.41) is 0. The van der Waals surface area contributed by atoms with Crippen molar-refractivity contribution in [1.29, 1.82) is 0 Å². The minimum atomic E-state index is -4.05. The van der Waals surface area contributed by atoms with E-state index < -0.39 is 59.0 Å². The Morgan fingerprint density at radius 1 is 0.914 bits per heavy atom. The summed E-state index contributed by atoms with van der Waals surface area (Å²) in [6, 6.07) is 16.2. The zero-order valence-electron chi connectivity index (χ0n) is 18.9. The summed E-state index contributed by atoms with van der Waals surface area (Å²) in [6.45, 7) is -0.407. The largest absolute Gasteiger partial charge is 0.466 e. The SMILES string of the molecule is COC(=O)/C=C/[C@@H]1O[C@H](COC(=O)c2ccccc2)[C@@H](OS(C)(=O)=O)[C@H]1OC(=O)c1ccccc1. The maximum absolute atomic E-state index is 12.7. The van der Waals surface area contributed by atoms with Gasteiger partial charge in [-0.15, -0.1) is 0 Å². The molecule has 0 aromatic heterocycles. The van der Waals surface area contributed by atoms with Crippen LogP contribution in [0.1, 0.15) is 20.7 Å². The van der Waals surface area contributed by atoms with Crippen LogP contribution < -0.4 is 0 Å². The average Bonchev–Trinajstić information content (AvgIpc) is 3.16. The van der Waals surface area contributed by atoms with E-state index in [1.807, 2.05) is 0 Å². The van der Waals surface area contributed by atoms with Crippen LogP contribution in [0.3, 0.4) is 0 Å². The third-order valence-electron chi connectivity index (χ3n) is 4.90. The molecule has 0 unspecified atom stereocenters. The molecule has 1 saturated heterocycles. The zero-order chi connectivity index (χ0) is 25.4. The molecule has 0 amide bonds. The molecule has 1 aliphatic rings. The Kier molecular flexibility index (Phi) is 8.74. The van der Waals surface area contributed by atoms with Gasteiger partial charge in [-0.3, -0.25) is 4.18 Å². The summed E-state index contributed by atoms with van der Waals surface area (Å²) in [6.07, 6.45) is -1.77. The molecule has 2 aromatic carbocycles. The van der Waals surface area contributed by atoms with E-state index in [0.717, 1.165) is 12.3 Å². The topological polar surface area (TPSA) is 132 Å². The fourth-order valence-corrected chi connectivity index (χ4v) is 3.96. The number of esters is 3. The van der Waals surface area contributed by atoms with Crippen LogP contribution in [0, 0.1) is 0 Å². The van der Waals surface area contributed by atoms with Crippen molar-refractivity contribution < 1.29 is 45.9 Å². The van der Waals surface area contributed by atoms with Crippen LogP contribution in [0.15, 0.2) is 72.8 Å². The molecule has 0 aliphatic carbocycles. The van der Waals surface area contributed by atoms with Gasteiger partial charge in [0.05, 0.1) is 24.5 Å². The summed E-state index contributed by atoms with van der Waals surface area (Å²) < 4.78 is 50.4. The highest BCUT2D eigenvalue weighted by atomic mass is 32.2. The highest BCUT2D eigenvalue weighted by molar-refractivity contribution is 7.86. The molecular weight excluding hydrogens is 480 g/mol. The van der Waals surface area contributed by atoms with Crippen LogP contribution in [-0.4, -0.2) is 70.7 Å². The van der Waals surface area contributed by atoms with E-state index in [1.54, 1.807) is 48.5 Å². The monoisotopic (exact) mass is 504 g/mol. The Balaban J connectivity index is 1.86. The number of hydrogen-bond acceptors (Lipinski definition) is 10. The third-order valence-corrected chi connectivity index (χ3v) is 5.47. The summed E-state index contributed by atoms with van der Waals surface area (Å²) in [4.78, 5) is 36.7. The van der Waals surface area contributed by atoms with Gasteiger partial charge in [0.1, 0.15) is 24.9 Å². The highest BCUT2D eigenvalue weighted by Crippen LogP contribution is 2.30. The predicted octanol–water partition coefficient (Wildman–Crippen LogP) is 1.91. The summed E-state index contributed by atoms with van der Waals surface area (Å²) >= 11 is 0. The molecule has 1 fully saturated rings. The van der Waals surface area contributed by atoms with Crippen LogP contribution in [0.5, 0.6) is 0 Å². The normalized spacial score (nSPS) is 22.0. The first-order chi connectivity index (χ1) is 16.7. The summed E-state index contributed by atoms with van der Waals surface area (Å²) in [5.41, 5.74) is 0.487. The molecule has 0 spiro atoms. The number of rotatable bonds is 9. The lowest BCUT2D eigenvalue weighted by atomic mass is 10.1. The maximum Gasteiger partial charge on any atom is 0.338 e. The van der Waals surface area contributed by atoms with Crippen molar-refractivity contribution in [3.05, 3.63) is 83.9 Å². The maximum atomic E-state index is 12.7. The number of carbonyl (C=O) groups excluding carboxylic acids is 3. The highest BCUT2D eigenvalue weighted by Gasteiger charge is 2.49. The van der Waals surface area contributed by atoms with Gasteiger partial charge in [-0.05, 0) is 30.3 Å². The second-order valence-electron chi connectivity index (χ2n) is 7.49. The number of carbonyl (C=O) groups is 3. The van der Waals surface area contributed by atoms with Gasteiger partial charge in [0.2, 0.25) is 0 Å². The standard InChI is InChI=1S/C24H24O10S/c1-30-20(25)14-13-18-21(33-24(27)17-11-7-4-8-12-17)22(34-35(2,28)29)19(32-18)15-31-23(26)16-9-5-3-6-10-16/h3-14,18-19,21-22H,15H2,1-2H3/b14-13+/t18-,19+,21-,22+/m0/s1. The van der Waals surface area contributed by atoms with E-state index in [4.69, 9.17) is 18.4 Å². The lowest BCUT2D eigenvalue weighted by Crippen LogP contribution is -2.41. The first kappa shape index (κ1) is 26.1. The summed E-state index contributed by atoms with van der Waals surface area (Å²) in [7, 11) is -2.87. The van der Waals surface area contributed by atoms with Crippen LogP contribution in [0.25, 0.3) is 0 Å². The van der Waals surface area contributed by atoms with Gasteiger partial charge < -0.3 is 18.9 Å². The summed E-state index contributed by atoms with van der Waals surface area (Å²) in [5.74, 6) is -2.14. The smallest absolute Gasteiger partial charge is 0.338 e. The second kappa shape index (κ2) is 11.7. The molecule has 11 heteroatoms. The fourth-order valence-electron chi connectivity index (χ4n) is 3.32. The minimum Gasteiger partial charge on any atom is -0.466 e. The van der Waals surface area contributed by atoms with E-state index in [9.17, 15) is 22.8 Å². The van der Waals surface area contributed by atoms with Crippen LogP contribution in [-0.2, 0) is 38.0 Å². The van der Waals surface area contributed by atoms with E-state index >= 15 is 0 Å². The number of hydrogen-bond donors (Lipinski definition) is 0. The Morgan fingerprint density at radius 3 is 2.03 bits per heavy atom. The van der Waals surface area contributed by atoms with Gasteiger partial charge in [-0.1, -0.05) is 36.4 Å². The molecular formula is C24H24O10S. The van der Waals surface area contributed by atoms with Crippen molar-refractivity contribution in [2.45, 2.75) is 24.4 Å². The zero-order valence-corrected chi connectivity index (χ0v) is 19.8. The Morgan fingerprint density at radius 2 is 1.49 bits per heavy atom. The van der Waals surface area contributed by atoms with Crippen molar-refractivity contribution in [2.75, 3.05) is 20.0 Å². The van der Waals surface area contributed by atoms with E-state index in [1.165, 1.54) is 25.3 Å². The first-order valence-corrected chi connectivity index (χ1v) is 12.3. The molecule has 1 aliphatic heterocycles. The van der Waals surface area contributed by atoms with Crippen LogP contribution >= 0.6 is 0 Å². The van der Waals surface area contributed by atoms with Crippen molar-refractivity contribution in [1.82, 2.24) is 0 Å². The molecule has 0 radical (unpaired) electrons. The quantitative estimate of drug-likeness (QED) is 0.216. The van der Waals surface area contributed by atoms with Gasteiger partial charge in [-0.25, -0.2) is 14.4 Å². The fraction of sp³-hybridized carbons (Fsp3) is 0.292. The van der Waals surface area contributed by atoms with E-state index in [2.05, 4.69) is 4.74 Å². The molecule has 0 bridgehead atoms. The van der Waals surface area contributed by atoms with Crippen molar-refractivity contribution in [3.63, 3.8) is 0 Å². The molecule has 186 valence electrons. The van der Waals surface area contributed by atoms with E-state index in [0.29, 0.717) is 0 Å². The molecule has 4 atom stereocenters. The Hall–Kier alpha value is -3.54. The molecule has 2 aromatic rings. The van der Waals surface area contributed by atoms with Crippen molar-refractivity contribution in [2.24, 2.45) is 0 Å². The number of methoxy groups -OCH3 is 1. The lowest BCUT2D eigenvalue weighted by Gasteiger charge is -2.23. The molecule has 0 saturated carbocycles. The van der Waals surface area contributed by atoms with Crippen molar-refractivity contribution >= 4 is 28.0 Å². The lowest BCUT2D eigenvalue weighted by molar-refractivity contribution is -0.134. The number of benzene rings is 2. The van der Waals surface area contributed by atoms with Gasteiger partial charge in [0.15, 0.2) is 6.10 Å². The molecule has 0 N–H and O–H groups in total. The second-order valence-corrected chi connectivity index (χ2v) is 9.09. The van der Waals surface area contributed by atoms with E-state index in [-0.39, 0.29) is 11.1 Å². The van der Waals surface area contributed by atoms with Gasteiger partial charge in [-0.2, -0.15) is 8.42 Å². The van der Waals surface area contributed by atoms with Crippen molar-refractivity contribution in [3.8, 4) is 0 Å². The molecule has 3 rings (SSSR count). The molecule has 10 nitrogen and oxygen atoms in total. The average molecular weight is 505 g/mol. The Bertz CT molecular complexity index is 1160. The van der Waals surface area contributed by atoms with Crippen LogP contribution in [0.2, 0.25) is 0 Å². The van der Waals surface area contributed by atoms with Gasteiger partial charge in [0.25, 0.3) is 10.1 Å². The van der Waals surface area contributed by atoms with Gasteiger partial charge in [0, 0.05) is 6.08 Å². The van der Waals surface area contributed by atoms with Gasteiger partial charge >= 0.3 is 17.9 Å². The Labute approximate surface area is 202 Å². The minimum absolute atomic E-state index is 0.209. The number of ether oxygens (including phenoxy) is 4. The molecule has 35 heavy (non-hydrogen) atoms. The molecule has 1 heterocycles. The van der Waals surface area contributed by atoms with Crippen LogP contribution in [0.4, 0.5) is 0 Å². The third kappa shape index (κ3) is 7.47.